The van der Waals surface area contributed by atoms with Crippen molar-refractivity contribution >= 4 is 5.91 Å². The van der Waals surface area contributed by atoms with Gasteiger partial charge in [0.15, 0.2) is 0 Å². The van der Waals surface area contributed by atoms with Crippen molar-refractivity contribution in [3.63, 3.8) is 0 Å². The molecular formula is C9H15NO2. The zero-order valence-electron chi connectivity index (χ0n) is 7.36. The van der Waals surface area contributed by atoms with Crippen LogP contribution in [-0.2, 0) is 4.79 Å². The molecule has 0 spiro atoms. The Hall–Kier alpha value is -0.830. The smallest absolute Gasteiger partial charge is 0.223 e. The Kier molecular flexibility index (Phi) is 2.87. The van der Waals surface area contributed by atoms with Gasteiger partial charge < -0.3 is 10.0 Å². The van der Waals surface area contributed by atoms with Crippen molar-refractivity contribution < 1.29 is 9.90 Å². The highest BCUT2D eigenvalue weighted by Crippen LogP contribution is 2.20. The van der Waals surface area contributed by atoms with Crippen molar-refractivity contribution in [2.24, 2.45) is 5.92 Å². The van der Waals surface area contributed by atoms with Crippen LogP contribution in [0.2, 0.25) is 0 Å². The van der Waals surface area contributed by atoms with Gasteiger partial charge in [-0.3, -0.25) is 4.79 Å². The molecule has 2 unspecified atom stereocenters. The number of carbonyl (C=O) groups excluding carboxylic acids is 1. The lowest BCUT2D eigenvalue weighted by Gasteiger charge is -2.22. The zero-order valence-corrected chi connectivity index (χ0v) is 7.36. The Morgan fingerprint density at radius 2 is 2.58 bits per heavy atom. The fourth-order valence-corrected chi connectivity index (χ4v) is 1.44. The molecule has 1 amide bonds. The third kappa shape index (κ3) is 1.67. The average molecular weight is 169 g/mol. The molecule has 1 rings (SSSR count). The monoisotopic (exact) mass is 169 g/mol. The summed E-state index contributed by atoms with van der Waals surface area (Å²) in [7, 11) is 0. The van der Waals surface area contributed by atoms with E-state index in [1.165, 1.54) is 0 Å². The number of rotatable bonds is 3. The first kappa shape index (κ1) is 9.26. The molecule has 0 aromatic rings. The average Bonchev–Trinajstić information content (AvgIpc) is 2.45. The van der Waals surface area contributed by atoms with Crippen LogP contribution >= 0.6 is 0 Å². The van der Waals surface area contributed by atoms with Crippen molar-refractivity contribution in [1.82, 2.24) is 4.90 Å². The summed E-state index contributed by atoms with van der Waals surface area (Å²) in [4.78, 5) is 13.0. The SMILES string of the molecule is C=CC1CC(=O)N(C(C)CO)C1. The van der Waals surface area contributed by atoms with Gasteiger partial charge >= 0.3 is 0 Å². The number of hydrogen-bond acceptors (Lipinski definition) is 2. The molecule has 0 aromatic heterocycles. The summed E-state index contributed by atoms with van der Waals surface area (Å²) in [6, 6.07) is -0.0533. The molecule has 0 saturated carbocycles. The number of aliphatic hydroxyl groups is 1. The fraction of sp³-hybridized carbons (Fsp3) is 0.667. The van der Waals surface area contributed by atoms with Crippen LogP contribution in [0.5, 0.6) is 0 Å². The molecule has 3 nitrogen and oxygen atoms in total. The number of hydrogen-bond donors (Lipinski definition) is 1. The van der Waals surface area contributed by atoms with Gasteiger partial charge in [-0.05, 0) is 6.92 Å². The Bertz CT molecular complexity index is 191. The van der Waals surface area contributed by atoms with E-state index in [-0.39, 0.29) is 24.5 Å². The van der Waals surface area contributed by atoms with E-state index in [1.54, 1.807) is 4.90 Å². The van der Waals surface area contributed by atoms with Gasteiger partial charge in [0.2, 0.25) is 5.91 Å². The van der Waals surface area contributed by atoms with Gasteiger partial charge in [0.25, 0.3) is 0 Å². The summed E-state index contributed by atoms with van der Waals surface area (Å²) < 4.78 is 0. The molecule has 3 heteroatoms. The molecule has 1 N–H and O–H groups in total. The van der Waals surface area contributed by atoms with E-state index in [1.807, 2.05) is 13.0 Å². The van der Waals surface area contributed by atoms with E-state index in [2.05, 4.69) is 6.58 Å². The lowest BCUT2D eigenvalue weighted by molar-refractivity contribution is -0.130. The van der Waals surface area contributed by atoms with Gasteiger partial charge in [-0.1, -0.05) is 6.08 Å². The van der Waals surface area contributed by atoms with E-state index in [0.717, 1.165) is 0 Å². The Labute approximate surface area is 72.7 Å². The van der Waals surface area contributed by atoms with Crippen LogP contribution in [0.25, 0.3) is 0 Å². The molecule has 0 aliphatic carbocycles. The normalized spacial score (nSPS) is 26.0. The lowest BCUT2D eigenvalue weighted by atomic mass is 10.1. The molecule has 1 saturated heterocycles. The van der Waals surface area contributed by atoms with Gasteiger partial charge in [-0.15, -0.1) is 6.58 Å². The van der Waals surface area contributed by atoms with E-state index in [0.29, 0.717) is 13.0 Å². The second-order valence-electron chi connectivity index (χ2n) is 3.28. The van der Waals surface area contributed by atoms with E-state index in [4.69, 9.17) is 5.11 Å². The van der Waals surface area contributed by atoms with E-state index >= 15 is 0 Å². The summed E-state index contributed by atoms with van der Waals surface area (Å²) in [6.07, 6.45) is 2.36. The number of aliphatic hydroxyl groups excluding tert-OH is 1. The molecular weight excluding hydrogens is 154 g/mol. The van der Waals surface area contributed by atoms with Crippen molar-refractivity contribution in [2.45, 2.75) is 19.4 Å². The first-order valence-electron chi connectivity index (χ1n) is 4.22. The Morgan fingerprint density at radius 1 is 1.92 bits per heavy atom. The Balaban J connectivity index is 2.57. The number of amides is 1. The summed E-state index contributed by atoms with van der Waals surface area (Å²) in [5.41, 5.74) is 0. The lowest BCUT2D eigenvalue weighted by Crippen LogP contribution is -2.36. The second kappa shape index (κ2) is 3.72. The van der Waals surface area contributed by atoms with Gasteiger partial charge in [-0.2, -0.15) is 0 Å². The van der Waals surface area contributed by atoms with Crippen LogP contribution in [0.4, 0.5) is 0 Å². The molecule has 68 valence electrons. The first-order chi connectivity index (χ1) is 5.69. The maximum atomic E-state index is 11.3. The van der Waals surface area contributed by atoms with Crippen LogP contribution < -0.4 is 0 Å². The first-order valence-corrected chi connectivity index (χ1v) is 4.22. The minimum Gasteiger partial charge on any atom is -0.394 e. The highest BCUT2D eigenvalue weighted by atomic mass is 16.3. The molecule has 1 heterocycles. The summed E-state index contributed by atoms with van der Waals surface area (Å²) >= 11 is 0. The minimum atomic E-state index is -0.0533. The zero-order chi connectivity index (χ0) is 9.14. The maximum absolute atomic E-state index is 11.3. The van der Waals surface area contributed by atoms with Crippen molar-refractivity contribution in [3.05, 3.63) is 12.7 Å². The summed E-state index contributed by atoms with van der Waals surface area (Å²) in [5, 5.41) is 8.85. The predicted octanol–water partition coefficient (Wildman–Crippen LogP) is 0.402. The quantitative estimate of drug-likeness (QED) is 0.621. The van der Waals surface area contributed by atoms with E-state index < -0.39 is 0 Å². The summed E-state index contributed by atoms with van der Waals surface area (Å²) in [6.45, 7) is 6.26. The standard InChI is InChI=1S/C9H15NO2/c1-3-8-4-9(12)10(5-8)7(2)6-11/h3,7-8,11H,1,4-6H2,2H3. The number of nitrogens with zero attached hydrogens (tertiary/aromatic N) is 1. The largest absolute Gasteiger partial charge is 0.394 e. The van der Waals surface area contributed by atoms with Crippen molar-refractivity contribution in [2.75, 3.05) is 13.2 Å². The minimum absolute atomic E-state index is 0.0373. The van der Waals surface area contributed by atoms with Crippen LogP contribution in [0.1, 0.15) is 13.3 Å². The molecule has 2 atom stereocenters. The molecule has 0 radical (unpaired) electrons. The van der Waals surface area contributed by atoms with Crippen molar-refractivity contribution in [3.8, 4) is 0 Å². The van der Waals surface area contributed by atoms with Crippen LogP contribution in [0.3, 0.4) is 0 Å². The third-order valence-corrected chi connectivity index (χ3v) is 2.32. The third-order valence-electron chi connectivity index (χ3n) is 2.32. The number of likely N-dealkylation sites (tertiary alicyclic amines) is 1. The molecule has 0 bridgehead atoms. The van der Waals surface area contributed by atoms with Gasteiger partial charge in [-0.25, -0.2) is 0 Å². The molecule has 1 fully saturated rings. The fourth-order valence-electron chi connectivity index (χ4n) is 1.44. The Morgan fingerprint density at radius 3 is 3.00 bits per heavy atom. The highest BCUT2D eigenvalue weighted by molar-refractivity contribution is 5.79. The molecule has 12 heavy (non-hydrogen) atoms. The van der Waals surface area contributed by atoms with E-state index in [9.17, 15) is 4.79 Å². The molecule has 1 aliphatic rings. The van der Waals surface area contributed by atoms with Crippen LogP contribution in [0, 0.1) is 5.92 Å². The van der Waals surface area contributed by atoms with Crippen LogP contribution in [0.15, 0.2) is 12.7 Å². The summed E-state index contributed by atoms with van der Waals surface area (Å²) in [5.74, 6) is 0.396. The van der Waals surface area contributed by atoms with Crippen molar-refractivity contribution in [1.29, 1.82) is 0 Å². The highest BCUT2D eigenvalue weighted by Gasteiger charge is 2.30. The predicted molar refractivity (Wildman–Crippen MR) is 46.6 cm³/mol. The van der Waals surface area contributed by atoms with Crippen LogP contribution in [-0.4, -0.2) is 35.1 Å². The number of carbonyl (C=O) groups is 1. The maximum Gasteiger partial charge on any atom is 0.223 e. The molecule has 0 aromatic carbocycles. The van der Waals surface area contributed by atoms with Gasteiger partial charge in [0.05, 0.1) is 12.6 Å². The second-order valence-corrected chi connectivity index (χ2v) is 3.28. The van der Waals surface area contributed by atoms with Gasteiger partial charge in [0, 0.05) is 18.9 Å². The topological polar surface area (TPSA) is 40.5 Å². The molecule has 1 aliphatic heterocycles. The van der Waals surface area contributed by atoms with Gasteiger partial charge in [0.1, 0.15) is 0 Å².